The van der Waals surface area contributed by atoms with Gasteiger partial charge in [0.15, 0.2) is 5.69 Å². The molecule has 3 atom stereocenters. The predicted molar refractivity (Wildman–Crippen MR) is 136 cm³/mol. The molecule has 200 valence electrons. The van der Waals surface area contributed by atoms with Crippen LogP contribution in [0, 0.1) is 13.8 Å². The number of nitrogens with zero attached hydrogens (tertiary/aromatic N) is 1. The number of hydrogen-bond donors (Lipinski definition) is 4. The summed E-state index contributed by atoms with van der Waals surface area (Å²) < 4.78 is 10.6. The van der Waals surface area contributed by atoms with Crippen molar-refractivity contribution in [3.05, 3.63) is 82.7 Å². The molecule has 0 aliphatic rings. The van der Waals surface area contributed by atoms with E-state index >= 15 is 0 Å². The van der Waals surface area contributed by atoms with Gasteiger partial charge in [-0.2, -0.15) is 0 Å². The molecule has 0 aliphatic carbocycles. The van der Waals surface area contributed by atoms with Crippen LogP contribution < -0.4 is 20.7 Å². The lowest BCUT2D eigenvalue weighted by molar-refractivity contribution is -0.132. The Kier molecular flexibility index (Phi) is 9.72. The van der Waals surface area contributed by atoms with Gasteiger partial charge in [-0.3, -0.25) is 19.2 Å². The van der Waals surface area contributed by atoms with Crippen molar-refractivity contribution < 1.29 is 33.5 Å². The molecule has 0 saturated carbocycles. The fourth-order valence-corrected chi connectivity index (χ4v) is 3.41. The lowest BCUT2D eigenvalue weighted by Crippen LogP contribution is -2.58. The smallest absolute Gasteiger partial charge is 0.274 e. The van der Waals surface area contributed by atoms with E-state index in [0.29, 0.717) is 23.4 Å². The monoisotopic (exact) mass is 522 g/mol. The number of aliphatic hydroxyl groups is 1. The van der Waals surface area contributed by atoms with Gasteiger partial charge >= 0.3 is 0 Å². The Hall–Kier alpha value is -4.51. The zero-order chi connectivity index (χ0) is 27.7. The fraction of sp³-hybridized carbons (Fsp3) is 0.296. The molecule has 4 N–H and O–H groups in total. The summed E-state index contributed by atoms with van der Waals surface area (Å²) in [6, 6.07) is 12.7. The van der Waals surface area contributed by atoms with Crippen LogP contribution in [0.25, 0.3) is 0 Å². The molecular formula is C27H30N4O7. The van der Waals surface area contributed by atoms with Crippen molar-refractivity contribution in [2.75, 3.05) is 6.61 Å². The molecule has 0 spiro atoms. The molecule has 11 heteroatoms. The summed E-state index contributed by atoms with van der Waals surface area (Å²) in [4.78, 5) is 49.7. The first-order valence-electron chi connectivity index (χ1n) is 11.9. The average molecular weight is 523 g/mol. The molecule has 0 saturated heterocycles. The van der Waals surface area contributed by atoms with Gasteiger partial charge in [-0.1, -0.05) is 47.1 Å². The number of aliphatic hydroxyl groups excluding tert-OH is 1. The van der Waals surface area contributed by atoms with Crippen LogP contribution in [0.15, 0.2) is 59.1 Å². The van der Waals surface area contributed by atoms with Gasteiger partial charge in [0.1, 0.15) is 36.5 Å². The Labute approximate surface area is 219 Å². The van der Waals surface area contributed by atoms with Gasteiger partial charge in [0, 0.05) is 18.2 Å². The van der Waals surface area contributed by atoms with E-state index in [9.17, 15) is 24.3 Å². The molecular weight excluding hydrogens is 492 g/mol. The maximum Gasteiger partial charge on any atom is 0.274 e. The number of benzene rings is 2. The van der Waals surface area contributed by atoms with Crippen molar-refractivity contribution in [1.29, 1.82) is 0 Å². The maximum atomic E-state index is 13.1. The van der Waals surface area contributed by atoms with E-state index in [2.05, 4.69) is 21.1 Å². The SMILES string of the molecule is Cc1ccc(CNC(=O)C(COc2cccc(C=O)c2)NC(=O)C(NC(=O)c2cc(C)on2)C(C)O)cc1. The van der Waals surface area contributed by atoms with Crippen LogP contribution in [0.4, 0.5) is 0 Å². The van der Waals surface area contributed by atoms with Gasteiger partial charge in [-0.05, 0) is 38.5 Å². The molecule has 3 rings (SSSR count). The number of hydrogen-bond acceptors (Lipinski definition) is 8. The lowest BCUT2D eigenvalue weighted by Gasteiger charge is -2.24. The zero-order valence-corrected chi connectivity index (χ0v) is 21.3. The number of aldehydes is 1. The van der Waals surface area contributed by atoms with E-state index in [0.717, 1.165) is 11.1 Å². The highest BCUT2D eigenvalue weighted by molar-refractivity contribution is 5.97. The van der Waals surface area contributed by atoms with Crippen LogP contribution in [0.2, 0.25) is 0 Å². The second kappa shape index (κ2) is 13.2. The Bertz CT molecular complexity index is 1270. The normalized spacial score (nSPS) is 13.1. The first kappa shape index (κ1) is 28.1. The summed E-state index contributed by atoms with van der Waals surface area (Å²) in [5.41, 5.74) is 2.24. The maximum absolute atomic E-state index is 13.1. The summed E-state index contributed by atoms with van der Waals surface area (Å²) in [6.07, 6.45) is -0.638. The number of amides is 3. The molecule has 0 aliphatic heterocycles. The van der Waals surface area contributed by atoms with Crippen LogP contribution >= 0.6 is 0 Å². The van der Waals surface area contributed by atoms with Crippen molar-refractivity contribution in [2.24, 2.45) is 0 Å². The number of aryl methyl sites for hydroxylation is 2. The molecule has 3 amide bonds. The van der Waals surface area contributed by atoms with Crippen LogP contribution in [-0.2, 0) is 16.1 Å². The Morgan fingerprint density at radius 1 is 1.05 bits per heavy atom. The first-order valence-corrected chi connectivity index (χ1v) is 11.9. The van der Waals surface area contributed by atoms with Gasteiger partial charge < -0.3 is 30.3 Å². The third-order valence-corrected chi connectivity index (χ3v) is 5.54. The minimum absolute atomic E-state index is 0.0632. The van der Waals surface area contributed by atoms with E-state index in [1.165, 1.54) is 19.1 Å². The summed E-state index contributed by atoms with van der Waals surface area (Å²) in [6.45, 7) is 4.80. The molecule has 0 fully saturated rings. The van der Waals surface area contributed by atoms with Gasteiger partial charge in [0.2, 0.25) is 11.8 Å². The van der Waals surface area contributed by atoms with Gasteiger partial charge in [0.25, 0.3) is 5.91 Å². The molecule has 38 heavy (non-hydrogen) atoms. The molecule has 1 aromatic heterocycles. The second-order valence-corrected chi connectivity index (χ2v) is 8.78. The molecule has 1 heterocycles. The minimum Gasteiger partial charge on any atom is -0.491 e. The van der Waals surface area contributed by atoms with Crippen LogP contribution in [0.1, 0.15) is 44.7 Å². The summed E-state index contributed by atoms with van der Waals surface area (Å²) >= 11 is 0. The van der Waals surface area contributed by atoms with Gasteiger partial charge in [-0.25, -0.2) is 0 Å². The quantitative estimate of drug-likeness (QED) is 0.260. The Morgan fingerprint density at radius 3 is 2.42 bits per heavy atom. The van der Waals surface area contributed by atoms with Crippen molar-refractivity contribution >= 4 is 24.0 Å². The largest absolute Gasteiger partial charge is 0.491 e. The third-order valence-electron chi connectivity index (χ3n) is 5.54. The standard InChI is InChI=1S/C27H30N4O7/c1-16-7-9-19(10-8-16)13-28-25(34)23(15-37-21-6-4-5-20(12-21)14-32)29-27(36)24(18(3)33)30-26(35)22-11-17(2)38-31-22/h4-12,14,18,23-24,33H,13,15H2,1-3H3,(H,28,34)(H,29,36)(H,30,35). The number of nitrogens with one attached hydrogen (secondary N) is 3. The Balaban J connectivity index is 1.73. The van der Waals surface area contributed by atoms with Crippen molar-refractivity contribution in [3.63, 3.8) is 0 Å². The van der Waals surface area contributed by atoms with Crippen molar-refractivity contribution in [3.8, 4) is 5.75 Å². The molecule has 0 radical (unpaired) electrons. The predicted octanol–water partition coefficient (Wildman–Crippen LogP) is 1.46. The highest BCUT2D eigenvalue weighted by atomic mass is 16.5. The van der Waals surface area contributed by atoms with E-state index in [1.54, 1.807) is 25.1 Å². The highest BCUT2D eigenvalue weighted by Crippen LogP contribution is 2.13. The van der Waals surface area contributed by atoms with E-state index in [4.69, 9.17) is 9.26 Å². The van der Waals surface area contributed by atoms with Crippen LogP contribution in [0.5, 0.6) is 5.75 Å². The van der Waals surface area contributed by atoms with Crippen molar-refractivity contribution in [2.45, 2.75) is 45.5 Å². The summed E-state index contributed by atoms with van der Waals surface area (Å²) in [5, 5.41) is 21.5. The van der Waals surface area contributed by atoms with Crippen LogP contribution in [-0.4, -0.2) is 59.1 Å². The third kappa shape index (κ3) is 8.00. The summed E-state index contributed by atoms with van der Waals surface area (Å²) in [7, 11) is 0. The average Bonchev–Trinajstić information content (AvgIpc) is 3.35. The lowest BCUT2D eigenvalue weighted by atomic mass is 10.1. The number of carbonyl (C=O) groups excluding carboxylic acids is 4. The number of rotatable bonds is 12. The van der Waals surface area contributed by atoms with E-state index in [-0.39, 0.29) is 18.8 Å². The number of carbonyl (C=O) groups is 4. The molecule has 2 aromatic carbocycles. The first-order chi connectivity index (χ1) is 18.2. The molecule has 11 nitrogen and oxygen atoms in total. The second-order valence-electron chi connectivity index (χ2n) is 8.78. The van der Waals surface area contributed by atoms with Gasteiger partial charge in [0.05, 0.1) is 6.10 Å². The molecule has 0 bridgehead atoms. The zero-order valence-electron chi connectivity index (χ0n) is 21.3. The van der Waals surface area contributed by atoms with Crippen molar-refractivity contribution in [1.82, 2.24) is 21.1 Å². The highest BCUT2D eigenvalue weighted by Gasteiger charge is 2.31. The van der Waals surface area contributed by atoms with E-state index < -0.39 is 35.9 Å². The van der Waals surface area contributed by atoms with Crippen LogP contribution in [0.3, 0.4) is 0 Å². The molecule has 3 aromatic rings. The van der Waals surface area contributed by atoms with Gasteiger partial charge in [-0.15, -0.1) is 0 Å². The number of aromatic nitrogens is 1. The Morgan fingerprint density at radius 2 is 1.79 bits per heavy atom. The summed E-state index contributed by atoms with van der Waals surface area (Å²) in [5.74, 6) is -1.37. The topological polar surface area (TPSA) is 160 Å². The van der Waals surface area contributed by atoms with E-state index in [1.807, 2.05) is 31.2 Å². The fourth-order valence-electron chi connectivity index (χ4n) is 3.41. The molecule has 3 unspecified atom stereocenters. The minimum atomic E-state index is -1.40. The number of ether oxygens (including phenoxy) is 1.